The summed E-state index contributed by atoms with van der Waals surface area (Å²) in [5.74, 6) is -0.443. The van der Waals surface area contributed by atoms with Crippen LogP contribution in [0.1, 0.15) is 17.4 Å². The first-order valence-electron chi connectivity index (χ1n) is 3.83. The molecule has 0 aliphatic heterocycles. The standard InChI is InChI=1S/C8H11N3O2/c1-6(12)7-3-2-4-11(7)10-8(13)5-9/h2-4H,5,9H2,1H3,(H,10,13). The van der Waals surface area contributed by atoms with Crippen LogP contribution in [0.2, 0.25) is 0 Å². The maximum Gasteiger partial charge on any atom is 0.252 e. The molecular formula is C8H11N3O2. The Hall–Kier alpha value is -1.62. The monoisotopic (exact) mass is 181 g/mol. The van der Waals surface area contributed by atoms with E-state index in [0.29, 0.717) is 5.69 Å². The van der Waals surface area contributed by atoms with Gasteiger partial charge >= 0.3 is 0 Å². The van der Waals surface area contributed by atoms with Gasteiger partial charge in [-0.1, -0.05) is 0 Å². The average molecular weight is 181 g/mol. The smallest absolute Gasteiger partial charge is 0.252 e. The summed E-state index contributed by atoms with van der Waals surface area (Å²) in [5.41, 5.74) is 7.99. The highest BCUT2D eigenvalue weighted by Crippen LogP contribution is 2.00. The summed E-state index contributed by atoms with van der Waals surface area (Å²) in [6, 6.07) is 3.30. The average Bonchev–Trinajstić information content (AvgIpc) is 2.52. The van der Waals surface area contributed by atoms with Gasteiger partial charge in [-0.2, -0.15) is 0 Å². The summed E-state index contributed by atoms with van der Waals surface area (Å²) in [7, 11) is 0. The summed E-state index contributed by atoms with van der Waals surface area (Å²) < 4.78 is 1.36. The molecule has 70 valence electrons. The van der Waals surface area contributed by atoms with Crippen molar-refractivity contribution in [2.75, 3.05) is 12.0 Å². The van der Waals surface area contributed by atoms with Crippen molar-refractivity contribution >= 4 is 11.7 Å². The van der Waals surface area contributed by atoms with Gasteiger partial charge in [-0.15, -0.1) is 0 Å². The summed E-state index contributed by atoms with van der Waals surface area (Å²) in [6.07, 6.45) is 1.59. The number of amides is 1. The van der Waals surface area contributed by atoms with Gasteiger partial charge in [-0.25, -0.2) is 0 Å². The second-order valence-electron chi connectivity index (χ2n) is 2.56. The third-order valence-electron chi connectivity index (χ3n) is 1.54. The number of hydrogen-bond acceptors (Lipinski definition) is 3. The number of carbonyl (C=O) groups excluding carboxylic acids is 2. The molecule has 0 aliphatic carbocycles. The highest BCUT2D eigenvalue weighted by Gasteiger charge is 2.06. The van der Waals surface area contributed by atoms with Gasteiger partial charge in [0.25, 0.3) is 5.91 Å². The topological polar surface area (TPSA) is 77.1 Å². The molecule has 0 saturated carbocycles. The lowest BCUT2D eigenvalue weighted by molar-refractivity contribution is -0.115. The third-order valence-corrected chi connectivity index (χ3v) is 1.54. The molecule has 0 aliphatic rings. The molecular weight excluding hydrogens is 170 g/mol. The lowest BCUT2D eigenvalue weighted by Crippen LogP contribution is -2.30. The molecule has 1 heterocycles. The van der Waals surface area contributed by atoms with Crippen molar-refractivity contribution in [3.05, 3.63) is 24.0 Å². The van der Waals surface area contributed by atoms with Gasteiger partial charge in [-0.05, 0) is 12.1 Å². The highest BCUT2D eigenvalue weighted by molar-refractivity contribution is 5.94. The summed E-state index contributed by atoms with van der Waals surface area (Å²) in [6.45, 7) is 1.33. The van der Waals surface area contributed by atoms with Gasteiger partial charge in [0.05, 0.1) is 6.54 Å². The zero-order valence-electron chi connectivity index (χ0n) is 7.28. The number of nitrogens with zero attached hydrogens (tertiary/aromatic N) is 1. The maximum absolute atomic E-state index is 11.0. The van der Waals surface area contributed by atoms with E-state index >= 15 is 0 Å². The van der Waals surface area contributed by atoms with Crippen molar-refractivity contribution < 1.29 is 9.59 Å². The largest absolute Gasteiger partial charge is 0.322 e. The van der Waals surface area contributed by atoms with Crippen LogP contribution in [-0.2, 0) is 4.79 Å². The first kappa shape index (κ1) is 9.47. The molecule has 0 spiro atoms. The molecule has 5 nitrogen and oxygen atoms in total. The fraction of sp³-hybridized carbons (Fsp3) is 0.250. The lowest BCUT2D eigenvalue weighted by atomic mass is 10.3. The Morgan fingerprint density at radius 1 is 1.62 bits per heavy atom. The summed E-state index contributed by atoms with van der Waals surface area (Å²) >= 11 is 0. The fourth-order valence-electron chi connectivity index (χ4n) is 0.945. The summed E-state index contributed by atoms with van der Waals surface area (Å²) in [4.78, 5) is 21.9. The molecule has 0 bridgehead atoms. The van der Waals surface area contributed by atoms with Crippen LogP contribution in [0.3, 0.4) is 0 Å². The van der Waals surface area contributed by atoms with Crippen molar-refractivity contribution in [2.24, 2.45) is 5.73 Å². The lowest BCUT2D eigenvalue weighted by Gasteiger charge is -2.07. The van der Waals surface area contributed by atoms with Gasteiger partial charge in [0.1, 0.15) is 5.69 Å². The van der Waals surface area contributed by atoms with E-state index in [-0.39, 0.29) is 18.2 Å². The number of rotatable bonds is 3. The van der Waals surface area contributed by atoms with E-state index in [0.717, 1.165) is 0 Å². The number of carbonyl (C=O) groups is 2. The number of nitrogens with one attached hydrogen (secondary N) is 1. The van der Waals surface area contributed by atoms with Gasteiger partial charge < -0.3 is 5.73 Å². The van der Waals surface area contributed by atoms with E-state index in [2.05, 4.69) is 5.43 Å². The maximum atomic E-state index is 11.0. The molecule has 0 fully saturated rings. The number of hydrogen-bond donors (Lipinski definition) is 2. The second-order valence-corrected chi connectivity index (χ2v) is 2.56. The van der Waals surface area contributed by atoms with Gasteiger partial charge in [0.15, 0.2) is 5.78 Å². The predicted molar refractivity (Wildman–Crippen MR) is 47.9 cm³/mol. The van der Waals surface area contributed by atoms with Crippen LogP contribution >= 0.6 is 0 Å². The van der Waals surface area contributed by atoms with Crippen molar-refractivity contribution in [3.63, 3.8) is 0 Å². The Kier molecular flexibility index (Phi) is 2.81. The van der Waals surface area contributed by atoms with Crippen LogP contribution < -0.4 is 11.2 Å². The van der Waals surface area contributed by atoms with Crippen LogP contribution in [-0.4, -0.2) is 22.9 Å². The van der Waals surface area contributed by atoms with Crippen LogP contribution in [0.25, 0.3) is 0 Å². The molecule has 13 heavy (non-hydrogen) atoms. The van der Waals surface area contributed by atoms with E-state index in [1.165, 1.54) is 11.6 Å². The normalized spacial score (nSPS) is 9.69. The Labute approximate surface area is 75.5 Å². The molecule has 0 unspecified atom stereocenters. The second kappa shape index (κ2) is 3.86. The molecule has 1 aromatic rings. The van der Waals surface area contributed by atoms with Crippen LogP contribution in [0.5, 0.6) is 0 Å². The third kappa shape index (κ3) is 2.16. The van der Waals surface area contributed by atoms with E-state index in [1.807, 2.05) is 0 Å². The van der Waals surface area contributed by atoms with Crippen molar-refractivity contribution in [1.82, 2.24) is 4.68 Å². The van der Waals surface area contributed by atoms with Gasteiger partial charge in [0, 0.05) is 13.1 Å². The molecule has 0 aromatic carbocycles. The van der Waals surface area contributed by atoms with E-state index < -0.39 is 0 Å². The quantitative estimate of drug-likeness (QED) is 0.629. The van der Waals surface area contributed by atoms with Crippen molar-refractivity contribution in [3.8, 4) is 0 Å². The number of Topliss-reactive ketones (excluding diaryl/α,β-unsaturated/α-hetero) is 1. The van der Waals surface area contributed by atoms with Gasteiger partial charge in [0.2, 0.25) is 0 Å². The SMILES string of the molecule is CC(=O)c1cccn1NC(=O)CN. The molecule has 0 atom stereocenters. The van der Waals surface area contributed by atoms with E-state index in [1.54, 1.807) is 18.3 Å². The number of nitrogens with two attached hydrogens (primary N) is 1. The predicted octanol–water partition coefficient (Wildman–Crippen LogP) is -0.281. The molecule has 1 amide bonds. The minimum atomic E-state index is -0.335. The Bertz CT molecular complexity index is 330. The minimum absolute atomic E-state index is 0.102. The summed E-state index contributed by atoms with van der Waals surface area (Å²) in [5, 5.41) is 0. The van der Waals surface area contributed by atoms with Crippen LogP contribution in [0.4, 0.5) is 0 Å². The fourth-order valence-corrected chi connectivity index (χ4v) is 0.945. The zero-order valence-corrected chi connectivity index (χ0v) is 7.28. The van der Waals surface area contributed by atoms with Crippen molar-refractivity contribution in [2.45, 2.75) is 6.92 Å². The Morgan fingerprint density at radius 2 is 2.31 bits per heavy atom. The molecule has 3 N–H and O–H groups in total. The molecule has 0 saturated heterocycles. The molecule has 1 aromatic heterocycles. The highest BCUT2D eigenvalue weighted by atomic mass is 16.2. The zero-order chi connectivity index (χ0) is 9.84. The van der Waals surface area contributed by atoms with E-state index in [9.17, 15) is 9.59 Å². The van der Waals surface area contributed by atoms with Gasteiger partial charge in [-0.3, -0.25) is 19.7 Å². The van der Waals surface area contributed by atoms with E-state index in [4.69, 9.17) is 5.73 Å². The molecule has 1 rings (SSSR count). The van der Waals surface area contributed by atoms with Crippen LogP contribution in [0.15, 0.2) is 18.3 Å². The minimum Gasteiger partial charge on any atom is -0.322 e. The Morgan fingerprint density at radius 3 is 2.85 bits per heavy atom. The Balaban J connectivity index is 2.82. The molecule has 0 radical (unpaired) electrons. The first-order chi connectivity index (χ1) is 6.15. The number of aromatic nitrogens is 1. The van der Waals surface area contributed by atoms with Crippen LogP contribution in [0, 0.1) is 0 Å². The molecule has 5 heteroatoms. The number of ketones is 1. The van der Waals surface area contributed by atoms with Crippen molar-refractivity contribution in [1.29, 1.82) is 0 Å². The first-order valence-corrected chi connectivity index (χ1v) is 3.83.